The van der Waals surface area contributed by atoms with Gasteiger partial charge in [-0.15, -0.1) is 0 Å². The minimum Gasteiger partial charge on any atom is -0.316 e. The summed E-state index contributed by atoms with van der Waals surface area (Å²) in [5, 5.41) is 0.598. The van der Waals surface area contributed by atoms with Crippen LogP contribution in [0, 0.1) is 5.82 Å². The molecule has 2 aromatic carbocycles. The van der Waals surface area contributed by atoms with Gasteiger partial charge in [0.1, 0.15) is 5.82 Å². The van der Waals surface area contributed by atoms with Gasteiger partial charge in [0.25, 0.3) is 0 Å². The van der Waals surface area contributed by atoms with Crippen LogP contribution in [0.1, 0.15) is 19.8 Å². The number of sulfone groups is 1. The lowest BCUT2D eigenvalue weighted by Crippen LogP contribution is -2.18. The number of amides is 1. The van der Waals surface area contributed by atoms with Crippen molar-refractivity contribution in [1.29, 1.82) is 0 Å². The second-order valence-electron chi connectivity index (χ2n) is 6.18. The summed E-state index contributed by atoms with van der Waals surface area (Å²) in [7, 11) is -3.68. The largest absolute Gasteiger partial charge is 0.316 e. The zero-order valence-corrected chi connectivity index (χ0v) is 17.5. The Labute approximate surface area is 171 Å². The number of carbonyl (C=O) groups excluding carboxylic acids is 1. The van der Waals surface area contributed by atoms with Gasteiger partial charge < -0.3 is 4.57 Å². The van der Waals surface area contributed by atoms with Gasteiger partial charge in [0.05, 0.1) is 20.9 Å². The van der Waals surface area contributed by atoms with Crippen LogP contribution >= 0.6 is 22.9 Å². The molecular formula is C19H18ClFN2O3S2. The molecular weight excluding hydrogens is 423 g/mol. The number of rotatable bonds is 6. The van der Waals surface area contributed by atoms with Crippen LogP contribution in [-0.4, -0.2) is 24.6 Å². The molecule has 0 atom stereocenters. The van der Waals surface area contributed by atoms with E-state index in [1.807, 2.05) is 23.6 Å². The maximum atomic E-state index is 13.0. The summed E-state index contributed by atoms with van der Waals surface area (Å²) >= 11 is 7.38. The molecule has 1 aromatic heterocycles. The quantitative estimate of drug-likeness (QED) is 0.539. The molecule has 0 saturated carbocycles. The number of carbonyl (C=O) groups is 1. The molecule has 0 unspecified atom stereocenters. The third-order valence-electron chi connectivity index (χ3n) is 4.07. The molecule has 0 radical (unpaired) electrons. The predicted octanol–water partition coefficient (Wildman–Crippen LogP) is 4.20. The number of hydrogen-bond donors (Lipinski definition) is 0. The first-order valence-corrected chi connectivity index (χ1v) is 11.5. The minimum atomic E-state index is -3.68. The van der Waals surface area contributed by atoms with Crippen molar-refractivity contribution in [3.63, 3.8) is 0 Å². The summed E-state index contributed by atoms with van der Waals surface area (Å²) in [5.74, 6) is -1.42. The lowest BCUT2D eigenvalue weighted by atomic mass is 10.3. The van der Waals surface area contributed by atoms with E-state index in [-0.39, 0.29) is 17.1 Å². The SMILES string of the molecule is CCCn1c(=NC(=O)CCS(=O)(=O)c2ccc(F)cc2)sc2cc(Cl)ccc21. The molecule has 148 valence electrons. The topological polar surface area (TPSA) is 68.5 Å². The van der Waals surface area contributed by atoms with Crippen LogP contribution < -0.4 is 4.80 Å². The van der Waals surface area contributed by atoms with Crippen molar-refractivity contribution < 1.29 is 17.6 Å². The number of aryl methyl sites for hydroxylation is 1. The Kier molecular flexibility index (Phi) is 6.32. The first kappa shape index (κ1) is 20.7. The highest BCUT2D eigenvalue weighted by Crippen LogP contribution is 2.22. The smallest absolute Gasteiger partial charge is 0.249 e. The van der Waals surface area contributed by atoms with Crippen molar-refractivity contribution >= 4 is 48.9 Å². The maximum Gasteiger partial charge on any atom is 0.249 e. The summed E-state index contributed by atoms with van der Waals surface area (Å²) < 4.78 is 40.4. The van der Waals surface area contributed by atoms with Crippen LogP contribution in [-0.2, 0) is 21.2 Å². The molecule has 0 aliphatic heterocycles. The zero-order chi connectivity index (χ0) is 20.3. The van der Waals surface area contributed by atoms with Crippen LogP contribution in [0.25, 0.3) is 10.2 Å². The Hall–Kier alpha value is -2.03. The van der Waals surface area contributed by atoms with E-state index in [9.17, 15) is 17.6 Å². The van der Waals surface area contributed by atoms with Crippen LogP contribution in [0.4, 0.5) is 4.39 Å². The summed E-state index contributed by atoms with van der Waals surface area (Å²) in [6, 6.07) is 10.0. The Morgan fingerprint density at radius 2 is 1.93 bits per heavy atom. The Morgan fingerprint density at radius 1 is 1.21 bits per heavy atom. The summed E-state index contributed by atoms with van der Waals surface area (Å²) in [4.78, 5) is 17.0. The number of halogens is 2. The van der Waals surface area contributed by atoms with Crippen molar-refractivity contribution in [2.75, 3.05) is 5.75 Å². The number of aromatic nitrogens is 1. The van der Waals surface area contributed by atoms with E-state index in [4.69, 9.17) is 11.6 Å². The molecule has 5 nitrogen and oxygen atoms in total. The van der Waals surface area contributed by atoms with Gasteiger partial charge in [0.15, 0.2) is 14.6 Å². The molecule has 0 bridgehead atoms. The van der Waals surface area contributed by atoms with Gasteiger partial charge in [0.2, 0.25) is 5.91 Å². The number of hydrogen-bond acceptors (Lipinski definition) is 4. The minimum absolute atomic E-state index is 0.0146. The first-order chi connectivity index (χ1) is 13.3. The van der Waals surface area contributed by atoms with Gasteiger partial charge in [-0.2, -0.15) is 4.99 Å². The number of fused-ring (bicyclic) bond motifs is 1. The van der Waals surface area contributed by atoms with Gasteiger partial charge in [-0.25, -0.2) is 12.8 Å². The molecule has 0 saturated heterocycles. The van der Waals surface area contributed by atoms with E-state index in [2.05, 4.69) is 4.99 Å². The standard InChI is InChI=1S/C19H18ClFN2O3S2/c1-2-10-23-16-8-3-13(20)12-17(16)27-19(23)22-18(24)9-11-28(25,26)15-6-4-14(21)5-7-15/h3-8,12H,2,9-11H2,1H3. The van der Waals surface area contributed by atoms with Gasteiger partial charge in [-0.3, -0.25) is 4.79 Å². The fourth-order valence-electron chi connectivity index (χ4n) is 2.72. The normalized spacial score (nSPS) is 12.6. The molecule has 28 heavy (non-hydrogen) atoms. The van der Waals surface area contributed by atoms with Gasteiger partial charge >= 0.3 is 0 Å². The average molecular weight is 441 g/mol. The number of nitrogens with zero attached hydrogens (tertiary/aromatic N) is 2. The molecule has 0 aliphatic rings. The highest BCUT2D eigenvalue weighted by atomic mass is 35.5. The van der Waals surface area contributed by atoms with Crippen LogP contribution in [0.2, 0.25) is 5.02 Å². The average Bonchev–Trinajstić information content (AvgIpc) is 2.97. The second kappa shape index (κ2) is 8.55. The van der Waals surface area contributed by atoms with Crippen molar-refractivity contribution in [1.82, 2.24) is 4.57 Å². The third-order valence-corrected chi connectivity index (χ3v) is 7.08. The monoisotopic (exact) mass is 440 g/mol. The molecule has 0 fully saturated rings. The highest BCUT2D eigenvalue weighted by Gasteiger charge is 2.17. The second-order valence-corrected chi connectivity index (χ2v) is 9.73. The third kappa shape index (κ3) is 4.68. The highest BCUT2D eigenvalue weighted by molar-refractivity contribution is 7.91. The molecule has 9 heteroatoms. The number of thiazole rings is 1. The van der Waals surface area contributed by atoms with Gasteiger partial charge in [-0.1, -0.05) is 29.9 Å². The van der Waals surface area contributed by atoms with Crippen molar-refractivity contribution in [3.8, 4) is 0 Å². The fraction of sp³-hybridized carbons (Fsp3) is 0.263. The van der Waals surface area contributed by atoms with E-state index >= 15 is 0 Å². The van der Waals surface area contributed by atoms with Crippen molar-refractivity contribution in [3.05, 3.63) is 58.1 Å². The Balaban J connectivity index is 1.84. The maximum absolute atomic E-state index is 13.0. The molecule has 3 rings (SSSR count). The number of benzene rings is 2. The summed E-state index contributed by atoms with van der Waals surface area (Å²) in [6.45, 7) is 2.70. The molecule has 0 spiro atoms. The van der Waals surface area contributed by atoms with E-state index in [1.54, 1.807) is 6.07 Å². The van der Waals surface area contributed by atoms with Crippen LogP contribution in [0.15, 0.2) is 52.4 Å². The lowest BCUT2D eigenvalue weighted by Gasteiger charge is -2.03. The molecule has 1 heterocycles. The van der Waals surface area contributed by atoms with E-state index < -0.39 is 21.6 Å². The van der Waals surface area contributed by atoms with E-state index in [0.29, 0.717) is 16.4 Å². The molecule has 1 amide bonds. The fourth-order valence-corrected chi connectivity index (χ4v) is 5.30. The lowest BCUT2D eigenvalue weighted by molar-refractivity contribution is -0.117. The first-order valence-electron chi connectivity index (χ1n) is 8.65. The Morgan fingerprint density at radius 3 is 2.61 bits per heavy atom. The van der Waals surface area contributed by atoms with Crippen molar-refractivity contribution in [2.45, 2.75) is 31.2 Å². The zero-order valence-electron chi connectivity index (χ0n) is 15.1. The molecule has 0 aliphatic carbocycles. The van der Waals surface area contributed by atoms with Gasteiger partial charge in [0, 0.05) is 18.0 Å². The summed E-state index contributed by atoms with van der Waals surface area (Å²) in [5.41, 5.74) is 0.932. The van der Waals surface area contributed by atoms with Crippen LogP contribution in [0.3, 0.4) is 0 Å². The Bertz CT molecular complexity index is 1180. The molecule has 3 aromatic rings. The van der Waals surface area contributed by atoms with Crippen LogP contribution in [0.5, 0.6) is 0 Å². The van der Waals surface area contributed by atoms with E-state index in [1.165, 1.54) is 23.5 Å². The van der Waals surface area contributed by atoms with Gasteiger partial charge in [-0.05, 0) is 48.9 Å². The van der Waals surface area contributed by atoms with E-state index in [0.717, 1.165) is 28.8 Å². The summed E-state index contributed by atoms with van der Waals surface area (Å²) in [6.07, 6.45) is 0.607. The van der Waals surface area contributed by atoms with Crippen molar-refractivity contribution in [2.24, 2.45) is 4.99 Å². The molecule has 0 N–H and O–H groups in total. The predicted molar refractivity (Wildman–Crippen MR) is 109 cm³/mol.